The first-order chi connectivity index (χ1) is 6.02. The Morgan fingerprint density at radius 2 is 2.08 bits per heavy atom. The molecule has 0 radical (unpaired) electrons. The number of aromatic nitrogens is 1. The second-order valence-corrected chi connectivity index (χ2v) is 3.35. The van der Waals surface area contributed by atoms with Crippen LogP contribution in [0.15, 0.2) is 12.1 Å². The summed E-state index contributed by atoms with van der Waals surface area (Å²) in [6.07, 6.45) is 0. The van der Waals surface area contributed by atoms with Crippen molar-refractivity contribution in [2.24, 2.45) is 0 Å². The highest BCUT2D eigenvalue weighted by atomic mass is 35.5. The van der Waals surface area contributed by atoms with Crippen molar-refractivity contribution in [3.8, 4) is 0 Å². The summed E-state index contributed by atoms with van der Waals surface area (Å²) in [7, 11) is 3.36. The Morgan fingerprint density at radius 1 is 1.46 bits per heavy atom. The summed E-state index contributed by atoms with van der Waals surface area (Å²) in [6, 6.07) is 3.45. The molecule has 1 aromatic heterocycles. The van der Waals surface area contributed by atoms with Crippen LogP contribution in [0.3, 0.4) is 0 Å². The Morgan fingerprint density at radius 3 is 2.54 bits per heavy atom. The molecule has 3 nitrogen and oxygen atoms in total. The van der Waals surface area contributed by atoms with Gasteiger partial charge in [-0.3, -0.25) is 4.79 Å². The molecule has 1 amide bonds. The van der Waals surface area contributed by atoms with Crippen molar-refractivity contribution < 1.29 is 4.79 Å². The maximum absolute atomic E-state index is 11.5. The number of amides is 1. The lowest BCUT2D eigenvalue weighted by molar-refractivity contribution is 0.0827. The standard InChI is InChI=1S/C9H11ClN2O/c1-6-4-5-7(8(10)11-6)9(13)12(2)3/h4-5H,1-3H3. The fraction of sp³-hybridized carbons (Fsp3) is 0.333. The molecule has 70 valence electrons. The summed E-state index contributed by atoms with van der Waals surface area (Å²) in [4.78, 5) is 16.9. The van der Waals surface area contributed by atoms with Crippen molar-refractivity contribution in [3.63, 3.8) is 0 Å². The Labute approximate surface area is 82.3 Å². The van der Waals surface area contributed by atoms with Crippen LogP contribution in [0.2, 0.25) is 5.15 Å². The van der Waals surface area contributed by atoms with Crippen LogP contribution in [0.4, 0.5) is 0 Å². The second kappa shape index (κ2) is 3.75. The fourth-order valence-corrected chi connectivity index (χ4v) is 1.20. The topological polar surface area (TPSA) is 33.2 Å². The number of carbonyl (C=O) groups is 1. The Kier molecular flexibility index (Phi) is 2.88. The van der Waals surface area contributed by atoms with Crippen LogP contribution >= 0.6 is 11.6 Å². The normalized spacial score (nSPS) is 9.85. The predicted molar refractivity (Wildman–Crippen MR) is 52.0 cm³/mol. The number of hydrogen-bond donors (Lipinski definition) is 0. The smallest absolute Gasteiger partial charge is 0.256 e. The van der Waals surface area contributed by atoms with Gasteiger partial charge in [0.1, 0.15) is 5.15 Å². The van der Waals surface area contributed by atoms with Crippen LogP contribution in [-0.4, -0.2) is 29.9 Å². The van der Waals surface area contributed by atoms with E-state index >= 15 is 0 Å². The molecule has 0 bridgehead atoms. The Bertz CT molecular complexity index is 336. The van der Waals surface area contributed by atoms with E-state index in [0.29, 0.717) is 5.56 Å². The number of aryl methyl sites for hydroxylation is 1. The van der Waals surface area contributed by atoms with Gasteiger partial charge in [-0.25, -0.2) is 4.98 Å². The van der Waals surface area contributed by atoms with Crippen LogP contribution in [0, 0.1) is 6.92 Å². The van der Waals surface area contributed by atoms with Gasteiger partial charge in [0, 0.05) is 19.8 Å². The minimum Gasteiger partial charge on any atom is -0.345 e. The van der Waals surface area contributed by atoms with Crippen molar-refractivity contribution in [2.75, 3.05) is 14.1 Å². The lowest BCUT2D eigenvalue weighted by Gasteiger charge is -2.10. The van der Waals surface area contributed by atoms with Gasteiger partial charge in [0.2, 0.25) is 0 Å². The van der Waals surface area contributed by atoms with Gasteiger partial charge in [-0.2, -0.15) is 0 Å². The van der Waals surface area contributed by atoms with E-state index in [1.165, 1.54) is 4.90 Å². The number of halogens is 1. The van der Waals surface area contributed by atoms with Gasteiger partial charge in [-0.15, -0.1) is 0 Å². The van der Waals surface area contributed by atoms with E-state index in [1.54, 1.807) is 26.2 Å². The molecule has 0 aromatic carbocycles. The molecule has 1 heterocycles. The highest BCUT2D eigenvalue weighted by molar-refractivity contribution is 6.32. The summed E-state index contributed by atoms with van der Waals surface area (Å²) in [5.41, 5.74) is 1.25. The van der Waals surface area contributed by atoms with Crippen molar-refractivity contribution in [1.82, 2.24) is 9.88 Å². The summed E-state index contributed by atoms with van der Waals surface area (Å²) >= 11 is 5.81. The van der Waals surface area contributed by atoms with Gasteiger partial charge in [0.15, 0.2) is 0 Å². The molecule has 13 heavy (non-hydrogen) atoms. The molecule has 0 aliphatic rings. The Hall–Kier alpha value is -1.09. The number of pyridine rings is 1. The molecule has 0 fully saturated rings. The zero-order valence-corrected chi connectivity index (χ0v) is 8.59. The Balaban J connectivity index is 3.09. The molecule has 0 aliphatic heterocycles. The van der Waals surface area contributed by atoms with Gasteiger partial charge in [-0.05, 0) is 19.1 Å². The van der Waals surface area contributed by atoms with Gasteiger partial charge in [-0.1, -0.05) is 11.6 Å². The largest absolute Gasteiger partial charge is 0.345 e. The van der Waals surface area contributed by atoms with Gasteiger partial charge in [0.25, 0.3) is 5.91 Å². The SMILES string of the molecule is Cc1ccc(C(=O)N(C)C)c(Cl)n1. The second-order valence-electron chi connectivity index (χ2n) is 2.99. The molecule has 0 spiro atoms. The fourth-order valence-electron chi connectivity index (χ4n) is 0.925. The zero-order chi connectivity index (χ0) is 10.0. The van der Waals surface area contributed by atoms with E-state index in [0.717, 1.165) is 5.69 Å². The van der Waals surface area contributed by atoms with E-state index in [9.17, 15) is 4.79 Å². The van der Waals surface area contributed by atoms with Crippen molar-refractivity contribution in [1.29, 1.82) is 0 Å². The quantitative estimate of drug-likeness (QED) is 0.645. The molecule has 4 heteroatoms. The number of nitrogens with zero attached hydrogens (tertiary/aromatic N) is 2. The van der Waals surface area contributed by atoms with Crippen LogP contribution < -0.4 is 0 Å². The van der Waals surface area contributed by atoms with E-state index < -0.39 is 0 Å². The molecule has 1 aromatic rings. The van der Waals surface area contributed by atoms with Crippen molar-refractivity contribution >= 4 is 17.5 Å². The minimum absolute atomic E-state index is 0.127. The van der Waals surface area contributed by atoms with Gasteiger partial charge < -0.3 is 4.90 Å². The third-order valence-electron chi connectivity index (χ3n) is 1.62. The average Bonchev–Trinajstić information content (AvgIpc) is 2.03. The summed E-state index contributed by atoms with van der Waals surface area (Å²) in [6.45, 7) is 1.83. The number of rotatable bonds is 1. The van der Waals surface area contributed by atoms with Crippen LogP contribution in [0.5, 0.6) is 0 Å². The highest BCUT2D eigenvalue weighted by Gasteiger charge is 2.12. The average molecular weight is 199 g/mol. The zero-order valence-electron chi connectivity index (χ0n) is 7.84. The number of carbonyl (C=O) groups excluding carboxylic acids is 1. The number of hydrogen-bond acceptors (Lipinski definition) is 2. The lowest BCUT2D eigenvalue weighted by atomic mass is 10.2. The highest BCUT2D eigenvalue weighted by Crippen LogP contribution is 2.14. The van der Waals surface area contributed by atoms with Crippen LogP contribution in [-0.2, 0) is 0 Å². The molecule has 0 saturated carbocycles. The molecule has 1 rings (SSSR count). The lowest BCUT2D eigenvalue weighted by Crippen LogP contribution is -2.22. The first kappa shape index (κ1) is 9.99. The maximum atomic E-state index is 11.5. The molecule has 0 saturated heterocycles. The maximum Gasteiger partial charge on any atom is 0.256 e. The molecular weight excluding hydrogens is 188 g/mol. The van der Waals surface area contributed by atoms with Crippen LogP contribution in [0.25, 0.3) is 0 Å². The minimum atomic E-state index is -0.127. The third-order valence-corrected chi connectivity index (χ3v) is 1.91. The van der Waals surface area contributed by atoms with E-state index in [-0.39, 0.29) is 11.1 Å². The molecular formula is C9H11ClN2O. The molecule has 0 aliphatic carbocycles. The first-order valence-corrected chi connectivity index (χ1v) is 4.25. The van der Waals surface area contributed by atoms with Crippen LogP contribution in [0.1, 0.15) is 16.1 Å². The molecule has 0 unspecified atom stereocenters. The summed E-state index contributed by atoms with van der Waals surface area (Å²) < 4.78 is 0. The molecule has 0 atom stereocenters. The van der Waals surface area contributed by atoms with E-state index in [4.69, 9.17) is 11.6 Å². The van der Waals surface area contributed by atoms with Crippen molar-refractivity contribution in [3.05, 3.63) is 28.5 Å². The monoisotopic (exact) mass is 198 g/mol. The van der Waals surface area contributed by atoms with Gasteiger partial charge in [0.05, 0.1) is 5.56 Å². The van der Waals surface area contributed by atoms with E-state index in [2.05, 4.69) is 4.98 Å². The first-order valence-electron chi connectivity index (χ1n) is 3.87. The molecule has 0 N–H and O–H groups in total. The van der Waals surface area contributed by atoms with Crippen molar-refractivity contribution in [2.45, 2.75) is 6.92 Å². The summed E-state index contributed by atoms with van der Waals surface area (Å²) in [5, 5.41) is 0.263. The van der Waals surface area contributed by atoms with E-state index in [1.807, 2.05) is 6.92 Å². The third kappa shape index (κ3) is 2.18. The predicted octanol–water partition coefficient (Wildman–Crippen LogP) is 1.75. The summed E-state index contributed by atoms with van der Waals surface area (Å²) in [5.74, 6) is -0.127. The van der Waals surface area contributed by atoms with Gasteiger partial charge >= 0.3 is 0 Å².